The highest BCUT2D eigenvalue weighted by molar-refractivity contribution is 5.70. The van der Waals surface area contributed by atoms with Crippen molar-refractivity contribution in [2.75, 3.05) is 0 Å². The van der Waals surface area contributed by atoms with E-state index in [-0.39, 0.29) is 17.5 Å². The van der Waals surface area contributed by atoms with Gasteiger partial charge in [-0.25, -0.2) is 0 Å². The third kappa shape index (κ3) is 3.84. The van der Waals surface area contributed by atoms with Gasteiger partial charge in [-0.05, 0) is 24.3 Å². The molecular formula is C13H17NO4. The van der Waals surface area contributed by atoms with E-state index < -0.39 is 10.9 Å². The zero-order chi connectivity index (χ0) is 13.7. The molecule has 0 bridgehead atoms. The molecule has 98 valence electrons. The van der Waals surface area contributed by atoms with Crippen LogP contribution >= 0.6 is 0 Å². The van der Waals surface area contributed by atoms with Crippen LogP contribution in [0.3, 0.4) is 0 Å². The topological polar surface area (TPSA) is 80.4 Å². The molecule has 0 aliphatic rings. The Kier molecular flexibility index (Phi) is 4.83. The summed E-state index contributed by atoms with van der Waals surface area (Å²) in [4.78, 5) is 21.1. The lowest BCUT2D eigenvalue weighted by molar-refractivity contribution is -0.384. The number of benzene rings is 1. The Bertz CT molecular complexity index is 425. The number of nitro groups is 1. The van der Waals surface area contributed by atoms with Crippen LogP contribution in [0.15, 0.2) is 24.3 Å². The summed E-state index contributed by atoms with van der Waals surface area (Å²) in [7, 11) is 0. The van der Waals surface area contributed by atoms with Crippen LogP contribution in [0.1, 0.15) is 25.8 Å². The molecule has 1 atom stereocenters. The molecule has 5 nitrogen and oxygen atoms in total. The van der Waals surface area contributed by atoms with Crippen LogP contribution in [0.2, 0.25) is 0 Å². The molecule has 0 spiro atoms. The number of hydrogen-bond donors (Lipinski definition) is 1. The number of carboxylic acid groups (broad SMARTS) is 1. The lowest BCUT2D eigenvalue weighted by Gasteiger charge is -2.15. The van der Waals surface area contributed by atoms with Gasteiger partial charge in [-0.1, -0.05) is 26.0 Å². The molecule has 0 aliphatic carbocycles. The minimum absolute atomic E-state index is 0.0531. The van der Waals surface area contributed by atoms with Crippen molar-refractivity contribution in [1.29, 1.82) is 0 Å². The number of rotatable bonds is 6. The smallest absolute Gasteiger partial charge is 0.306 e. The summed E-state index contributed by atoms with van der Waals surface area (Å²) < 4.78 is 0. The minimum Gasteiger partial charge on any atom is -0.481 e. The quantitative estimate of drug-likeness (QED) is 0.622. The molecule has 1 N–H and O–H groups in total. The van der Waals surface area contributed by atoms with Gasteiger partial charge in [0.25, 0.3) is 5.69 Å². The van der Waals surface area contributed by atoms with Gasteiger partial charge in [-0.3, -0.25) is 14.9 Å². The second kappa shape index (κ2) is 6.14. The molecule has 0 saturated heterocycles. The van der Waals surface area contributed by atoms with Crippen LogP contribution in [-0.2, 0) is 11.2 Å². The Labute approximate surface area is 106 Å². The first kappa shape index (κ1) is 14.2. The molecule has 0 radical (unpaired) electrons. The number of nitro benzene ring substituents is 1. The Balaban J connectivity index is 2.62. The maximum atomic E-state index is 11.0. The first-order chi connectivity index (χ1) is 8.41. The molecule has 0 heterocycles. The van der Waals surface area contributed by atoms with E-state index >= 15 is 0 Å². The number of nitrogens with zero attached hydrogens (tertiary/aromatic N) is 1. The van der Waals surface area contributed by atoms with E-state index in [0.717, 1.165) is 5.56 Å². The summed E-state index contributed by atoms with van der Waals surface area (Å²) in [6, 6.07) is 6.25. The van der Waals surface area contributed by atoms with Crippen molar-refractivity contribution in [1.82, 2.24) is 0 Å². The van der Waals surface area contributed by atoms with E-state index in [4.69, 9.17) is 5.11 Å². The number of hydrogen-bond acceptors (Lipinski definition) is 3. The number of aryl methyl sites for hydroxylation is 1. The maximum Gasteiger partial charge on any atom is 0.306 e. The van der Waals surface area contributed by atoms with Gasteiger partial charge >= 0.3 is 5.97 Å². The van der Waals surface area contributed by atoms with Crippen molar-refractivity contribution in [3.05, 3.63) is 39.9 Å². The fourth-order valence-electron chi connectivity index (χ4n) is 1.85. The van der Waals surface area contributed by atoms with E-state index in [1.54, 1.807) is 12.1 Å². The molecule has 0 saturated carbocycles. The maximum absolute atomic E-state index is 11.0. The molecule has 0 aromatic heterocycles. The lowest BCUT2D eigenvalue weighted by atomic mass is 9.90. The van der Waals surface area contributed by atoms with Gasteiger partial charge in [0.1, 0.15) is 0 Å². The van der Waals surface area contributed by atoms with E-state index in [1.807, 2.05) is 13.8 Å². The van der Waals surface area contributed by atoms with Crippen molar-refractivity contribution in [2.24, 2.45) is 11.8 Å². The Morgan fingerprint density at radius 2 is 1.89 bits per heavy atom. The molecule has 0 fully saturated rings. The van der Waals surface area contributed by atoms with Crippen LogP contribution in [0.25, 0.3) is 0 Å². The van der Waals surface area contributed by atoms with Crippen LogP contribution in [0, 0.1) is 22.0 Å². The Hall–Kier alpha value is -1.91. The molecule has 5 heteroatoms. The average Bonchev–Trinajstić information content (AvgIpc) is 2.28. The normalized spacial score (nSPS) is 12.4. The molecule has 0 amide bonds. The molecule has 1 unspecified atom stereocenters. The standard InChI is InChI=1S/C13H17NO4/c1-9(2)12(13(15)16)8-5-10-3-6-11(7-4-10)14(17)18/h3-4,6-7,9,12H,5,8H2,1-2H3,(H,15,16). The fourth-order valence-corrected chi connectivity index (χ4v) is 1.85. The second-order valence-corrected chi connectivity index (χ2v) is 4.65. The SMILES string of the molecule is CC(C)C(CCc1ccc([N+](=O)[O-])cc1)C(=O)O. The van der Waals surface area contributed by atoms with Crippen molar-refractivity contribution in [3.63, 3.8) is 0 Å². The van der Waals surface area contributed by atoms with E-state index in [2.05, 4.69) is 0 Å². The van der Waals surface area contributed by atoms with Crippen molar-refractivity contribution >= 4 is 11.7 Å². The van der Waals surface area contributed by atoms with Gasteiger partial charge in [-0.15, -0.1) is 0 Å². The van der Waals surface area contributed by atoms with Gasteiger partial charge < -0.3 is 5.11 Å². The summed E-state index contributed by atoms with van der Waals surface area (Å²) in [6.45, 7) is 3.77. The first-order valence-electron chi connectivity index (χ1n) is 5.88. The van der Waals surface area contributed by atoms with Crippen LogP contribution in [0.5, 0.6) is 0 Å². The molecular weight excluding hydrogens is 234 g/mol. The molecule has 1 aromatic rings. The first-order valence-corrected chi connectivity index (χ1v) is 5.88. The fraction of sp³-hybridized carbons (Fsp3) is 0.462. The average molecular weight is 251 g/mol. The number of carbonyl (C=O) groups is 1. The summed E-state index contributed by atoms with van der Waals surface area (Å²) in [5.41, 5.74) is 0.977. The molecule has 0 aliphatic heterocycles. The monoisotopic (exact) mass is 251 g/mol. The zero-order valence-corrected chi connectivity index (χ0v) is 10.5. The van der Waals surface area contributed by atoms with Crippen LogP contribution < -0.4 is 0 Å². The third-order valence-corrected chi connectivity index (χ3v) is 3.01. The summed E-state index contributed by atoms with van der Waals surface area (Å²) in [6.07, 6.45) is 1.16. The molecule has 1 aromatic carbocycles. The zero-order valence-electron chi connectivity index (χ0n) is 10.5. The van der Waals surface area contributed by atoms with E-state index in [0.29, 0.717) is 12.8 Å². The number of aliphatic carboxylic acids is 1. The highest BCUT2D eigenvalue weighted by Crippen LogP contribution is 2.19. The van der Waals surface area contributed by atoms with Crippen molar-refractivity contribution in [2.45, 2.75) is 26.7 Å². The van der Waals surface area contributed by atoms with E-state index in [9.17, 15) is 14.9 Å². The van der Waals surface area contributed by atoms with Gasteiger partial charge in [-0.2, -0.15) is 0 Å². The largest absolute Gasteiger partial charge is 0.481 e. The predicted octanol–water partition coefficient (Wildman–Crippen LogP) is 2.88. The summed E-state index contributed by atoms with van der Waals surface area (Å²) in [5, 5.41) is 19.5. The van der Waals surface area contributed by atoms with Crippen molar-refractivity contribution in [3.8, 4) is 0 Å². The highest BCUT2D eigenvalue weighted by atomic mass is 16.6. The lowest BCUT2D eigenvalue weighted by Crippen LogP contribution is -2.20. The number of carboxylic acids is 1. The Morgan fingerprint density at radius 3 is 2.28 bits per heavy atom. The van der Waals surface area contributed by atoms with Crippen LogP contribution in [-0.4, -0.2) is 16.0 Å². The third-order valence-electron chi connectivity index (χ3n) is 3.01. The van der Waals surface area contributed by atoms with Gasteiger partial charge in [0, 0.05) is 12.1 Å². The molecule has 1 rings (SSSR count). The summed E-state index contributed by atoms with van der Waals surface area (Å²) >= 11 is 0. The van der Waals surface area contributed by atoms with Crippen LogP contribution in [0.4, 0.5) is 5.69 Å². The van der Waals surface area contributed by atoms with Gasteiger partial charge in [0.2, 0.25) is 0 Å². The van der Waals surface area contributed by atoms with Gasteiger partial charge in [0.05, 0.1) is 10.8 Å². The second-order valence-electron chi connectivity index (χ2n) is 4.65. The minimum atomic E-state index is -0.785. The highest BCUT2D eigenvalue weighted by Gasteiger charge is 2.20. The summed E-state index contributed by atoms with van der Waals surface area (Å²) in [5.74, 6) is -1.08. The van der Waals surface area contributed by atoms with Crippen molar-refractivity contribution < 1.29 is 14.8 Å². The molecule has 18 heavy (non-hydrogen) atoms. The van der Waals surface area contributed by atoms with Gasteiger partial charge in [0.15, 0.2) is 0 Å². The van der Waals surface area contributed by atoms with E-state index in [1.165, 1.54) is 12.1 Å². The Morgan fingerprint density at radius 1 is 1.33 bits per heavy atom. The predicted molar refractivity (Wildman–Crippen MR) is 67.4 cm³/mol. The number of non-ortho nitro benzene ring substituents is 1.